The summed E-state index contributed by atoms with van der Waals surface area (Å²) in [6, 6.07) is 10.5. The Labute approximate surface area is 111 Å². The van der Waals surface area contributed by atoms with E-state index in [9.17, 15) is 4.79 Å². The van der Waals surface area contributed by atoms with Crippen molar-refractivity contribution in [1.82, 2.24) is 0 Å². The second kappa shape index (κ2) is 6.72. The summed E-state index contributed by atoms with van der Waals surface area (Å²) >= 11 is 0. The Morgan fingerprint density at radius 2 is 1.83 bits per heavy atom. The summed E-state index contributed by atoms with van der Waals surface area (Å²) in [6.07, 6.45) is 7.87. The summed E-state index contributed by atoms with van der Waals surface area (Å²) < 4.78 is 0. The van der Waals surface area contributed by atoms with E-state index in [1.165, 1.54) is 24.8 Å². The number of Topliss-reactive ketones (excluding diaryl/α,β-unsaturated/α-hetero) is 1. The van der Waals surface area contributed by atoms with Gasteiger partial charge in [0.05, 0.1) is 0 Å². The number of hydrogen-bond donors (Lipinski definition) is 0. The lowest BCUT2D eigenvalue weighted by Crippen LogP contribution is -2.19. The van der Waals surface area contributed by atoms with Crippen LogP contribution in [0.2, 0.25) is 0 Å². The number of carbonyl (C=O) groups is 1. The van der Waals surface area contributed by atoms with E-state index in [2.05, 4.69) is 31.2 Å². The molecule has 1 unspecified atom stereocenters. The standard InChI is InChI=1S/C17H24O/c1-2-14(15-9-5-3-6-10-15)13-17(18)16-11-7-4-8-12-16/h3,5-6,9-10,14,16H,2,4,7-8,11-13H2,1H3. The van der Waals surface area contributed by atoms with Crippen LogP contribution in [0.15, 0.2) is 30.3 Å². The van der Waals surface area contributed by atoms with Gasteiger partial charge in [0.1, 0.15) is 5.78 Å². The van der Waals surface area contributed by atoms with Crippen molar-refractivity contribution < 1.29 is 4.79 Å². The van der Waals surface area contributed by atoms with Gasteiger partial charge in [-0.05, 0) is 30.7 Å². The van der Waals surface area contributed by atoms with Crippen LogP contribution in [0.4, 0.5) is 0 Å². The fourth-order valence-corrected chi connectivity index (χ4v) is 3.06. The van der Waals surface area contributed by atoms with E-state index in [1.807, 2.05) is 6.07 Å². The van der Waals surface area contributed by atoms with E-state index in [0.717, 1.165) is 25.7 Å². The molecule has 1 aromatic rings. The van der Waals surface area contributed by atoms with Gasteiger partial charge in [-0.1, -0.05) is 56.5 Å². The van der Waals surface area contributed by atoms with Crippen LogP contribution in [0, 0.1) is 5.92 Å². The third-order valence-corrected chi connectivity index (χ3v) is 4.27. The molecule has 1 atom stereocenters. The van der Waals surface area contributed by atoms with Gasteiger partial charge in [-0.3, -0.25) is 4.79 Å². The Balaban J connectivity index is 1.95. The smallest absolute Gasteiger partial charge is 0.136 e. The van der Waals surface area contributed by atoms with Gasteiger partial charge >= 0.3 is 0 Å². The first-order chi connectivity index (χ1) is 8.81. The molecule has 0 saturated heterocycles. The fraction of sp³-hybridized carbons (Fsp3) is 0.588. The maximum absolute atomic E-state index is 12.3. The van der Waals surface area contributed by atoms with Gasteiger partial charge in [0.15, 0.2) is 0 Å². The first-order valence-electron chi connectivity index (χ1n) is 7.39. The molecule has 1 aliphatic carbocycles. The normalized spacial score (nSPS) is 18.5. The van der Waals surface area contributed by atoms with Crippen molar-refractivity contribution >= 4 is 5.78 Å². The second-order valence-corrected chi connectivity index (χ2v) is 5.52. The molecule has 2 rings (SSSR count). The molecule has 1 aliphatic rings. The van der Waals surface area contributed by atoms with Gasteiger partial charge in [0, 0.05) is 12.3 Å². The van der Waals surface area contributed by atoms with Gasteiger partial charge in [0.25, 0.3) is 0 Å². The van der Waals surface area contributed by atoms with Gasteiger partial charge < -0.3 is 0 Å². The lowest BCUT2D eigenvalue weighted by atomic mass is 9.81. The molecule has 0 bridgehead atoms. The highest BCUT2D eigenvalue weighted by Crippen LogP contribution is 2.30. The minimum Gasteiger partial charge on any atom is -0.299 e. The molecule has 0 aliphatic heterocycles. The zero-order valence-electron chi connectivity index (χ0n) is 11.4. The lowest BCUT2D eigenvalue weighted by Gasteiger charge is -2.23. The quantitative estimate of drug-likeness (QED) is 0.732. The highest BCUT2D eigenvalue weighted by atomic mass is 16.1. The number of benzene rings is 1. The molecule has 0 radical (unpaired) electrons. The Hall–Kier alpha value is -1.11. The molecular weight excluding hydrogens is 220 g/mol. The molecule has 0 N–H and O–H groups in total. The van der Waals surface area contributed by atoms with Crippen LogP contribution in [0.5, 0.6) is 0 Å². The van der Waals surface area contributed by atoms with Gasteiger partial charge in [0.2, 0.25) is 0 Å². The highest BCUT2D eigenvalue weighted by molar-refractivity contribution is 5.81. The van der Waals surface area contributed by atoms with Crippen molar-refractivity contribution in [3.8, 4) is 0 Å². The molecule has 1 aromatic carbocycles. The molecule has 0 spiro atoms. The van der Waals surface area contributed by atoms with E-state index in [1.54, 1.807) is 0 Å². The maximum atomic E-state index is 12.3. The van der Waals surface area contributed by atoms with Crippen LogP contribution in [0.3, 0.4) is 0 Å². The Morgan fingerprint density at radius 1 is 1.17 bits per heavy atom. The van der Waals surface area contributed by atoms with Gasteiger partial charge in [-0.15, -0.1) is 0 Å². The Kier molecular flexibility index (Phi) is 4.98. The molecule has 1 nitrogen and oxygen atoms in total. The second-order valence-electron chi connectivity index (χ2n) is 5.52. The van der Waals surface area contributed by atoms with Crippen LogP contribution in [0.1, 0.15) is 63.4 Å². The van der Waals surface area contributed by atoms with Crippen molar-refractivity contribution in [2.24, 2.45) is 5.92 Å². The number of hydrogen-bond acceptors (Lipinski definition) is 1. The van der Waals surface area contributed by atoms with Crippen LogP contribution in [-0.4, -0.2) is 5.78 Å². The largest absolute Gasteiger partial charge is 0.299 e. The minimum absolute atomic E-state index is 0.358. The van der Waals surface area contributed by atoms with E-state index < -0.39 is 0 Å². The van der Waals surface area contributed by atoms with E-state index >= 15 is 0 Å². The van der Waals surface area contributed by atoms with Crippen LogP contribution >= 0.6 is 0 Å². The molecule has 0 amide bonds. The first kappa shape index (κ1) is 13.3. The monoisotopic (exact) mass is 244 g/mol. The molecule has 0 aromatic heterocycles. The van der Waals surface area contributed by atoms with Crippen LogP contribution < -0.4 is 0 Å². The predicted octanol–water partition coefficient (Wildman–Crippen LogP) is 4.72. The molecule has 1 saturated carbocycles. The molecule has 0 heterocycles. The molecular formula is C17H24O. The van der Waals surface area contributed by atoms with Gasteiger partial charge in [-0.25, -0.2) is 0 Å². The van der Waals surface area contributed by atoms with Crippen molar-refractivity contribution in [3.05, 3.63) is 35.9 Å². The average Bonchev–Trinajstić information content (AvgIpc) is 2.46. The SMILES string of the molecule is CCC(CC(=O)C1CCCCC1)c1ccccc1. The summed E-state index contributed by atoms with van der Waals surface area (Å²) in [5.74, 6) is 1.28. The summed E-state index contributed by atoms with van der Waals surface area (Å²) in [5.41, 5.74) is 1.32. The van der Waals surface area contributed by atoms with Crippen LogP contribution in [0.25, 0.3) is 0 Å². The molecule has 1 fully saturated rings. The first-order valence-corrected chi connectivity index (χ1v) is 7.39. The number of ketones is 1. The molecule has 98 valence electrons. The van der Waals surface area contributed by atoms with Crippen molar-refractivity contribution in [2.45, 2.75) is 57.8 Å². The third-order valence-electron chi connectivity index (χ3n) is 4.27. The fourth-order valence-electron chi connectivity index (χ4n) is 3.06. The van der Waals surface area contributed by atoms with E-state index in [4.69, 9.17) is 0 Å². The summed E-state index contributed by atoms with van der Waals surface area (Å²) in [5, 5.41) is 0. The lowest BCUT2D eigenvalue weighted by molar-refractivity contribution is -0.124. The van der Waals surface area contributed by atoms with Crippen molar-refractivity contribution in [2.75, 3.05) is 0 Å². The summed E-state index contributed by atoms with van der Waals surface area (Å²) in [7, 11) is 0. The molecule has 18 heavy (non-hydrogen) atoms. The van der Waals surface area contributed by atoms with Gasteiger partial charge in [-0.2, -0.15) is 0 Å². The van der Waals surface area contributed by atoms with E-state index in [-0.39, 0.29) is 0 Å². The number of rotatable bonds is 5. The average molecular weight is 244 g/mol. The third kappa shape index (κ3) is 3.44. The highest BCUT2D eigenvalue weighted by Gasteiger charge is 2.23. The Bertz CT molecular complexity index is 362. The van der Waals surface area contributed by atoms with Crippen molar-refractivity contribution in [1.29, 1.82) is 0 Å². The zero-order valence-corrected chi connectivity index (χ0v) is 11.4. The molecule has 1 heteroatoms. The number of carbonyl (C=O) groups excluding carboxylic acids is 1. The maximum Gasteiger partial charge on any atom is 0.136 e. The zero-order chi connectivity index (χ0) is 12.8. The van der Waals surface area contributed by atoms with Crippen LogP contribution in [-0.2, 0) is 4.79 Å². The topological polar surface area (TPSA) is 17.1 Å². The summed E-state index contributed by atoms with van der Waals surface area (Å²) in [4.78, 5) is 12.3. The summed E-state index contributed by atoms with van der Waals surface area (Å²) in [6.45, 7) is 2.19. The minimum atomic E-state index is 0.358. The van der Waals surface area contributed by atoms with Crippen molar-refractivity contribution in [3.63, 3.8) is 0 Å². The van der Waals surface area contributed by atoms with E-state index in [0.29, 0.717) is 17.6 Å². The predicted molar refractivity (Wildman–Crippen MR) is 75.7 cm³/mol. The Morgan fingerprint density at radius 3 is 2.44 bits per heavy atom.